The van der Waals surface area contributed by atoms with E-state index >= 15 is 0 Å². The molecule has 1 aliphatic heterocycles. The van der Waals surface area contributed by atoms with E-state index in [0.29, 0.717) is 32.4 Å². The number of carbonyl (C=O) groups is 2. The largest absolute Gasteiger partial charge is 0.481 e. The summed E-state index contributed by atoms with van der Waals surface area (Å²) in [6.45, 7) is 9.12. The van der Waals surface area contributed by atoms with Crippen LogP contribution in [0.3, 0.4) is 0 Å². The lowest BCUT2D eigenvalue weighted by atomic mass is 9.98. The van der Waals surface area contributed by atoms with Crippen LogP contribution >= 0.6 is 0 Å². The van der Waals surface area contributed by atoms with Crippen LogP contribution < -0.4 is 0 Å². The number of nitrogens with zero attached hydrogens (tertiary/aromatic N) is 1. The number of carboxylic acids is 1. The molecule has 0 aromatic rings. The summed E-state index contributed by atoms with van der Waals surface area (Å²) in [6, 6.07) is 0. The molecule has 0 aliphatic carbocycles. The Hall–Kier alpha value is -1.10. The molecule has 110 valence electrons. The van der Waals surface area contributed by atoms with Crippen molar-refractivity contribution in [3.63, 3.8) is 0 Å². The minimum absolute atomic E-state index is 0.0924. The van der Waals surface area contributed by atoms with Gasteiger partial charge in [-0.3, -0.25) is 9.59 Å². The Labute approximate surface area is 114 Å². The molecule has 1 N–H and O–H groups in total. The molecule has 0 unspecified atom stereocenters. The van der Waals surface area contributed by atoms with E-state index in [-0.39, 0.29) is 23.5 Å². The van der Waals surface area contributed by atoms with Crippen LogP contribution in [0, 0.1) is 0 Å². The molecule has 1 amide bonds. The second-order valence-corrected chi connectivity index (χ2v) is 6.47. The monoisotopic (exact) mass is 271 g/mol. The van der Waals surface area contributed by atoms with Crippen LogP contribution in [0.15, 0.2) is 0 Å². The summed E-state index contributed by atoms with van der Waals surface area (Å²) in [5.74, 6) is -0.712. The van der Waals surface area contributed by atoms with E-state index in [9.17, 15) is 9.59 Å². The number of unbranched alkanes of at least 4 members (excludes halogenated alkanes) is 1. The molecule has 0 bridgehead atoms. The summed E-state index contributed by atoms with van der Waals surface area (Å²) in [6.07, 6.45) is 1.73. The fourth-order valence-electron chi connectivity index (χ4n) is 2.67. The Morgan fingerprint density at radius 1 is 1.05 bits per heavy atom. The van der Waals surface area contributed by atoms with Crippen LogP contribution in [-0.4, -0.2) is 46.2 Å². The number of amides is 1. The highest BCUT2D eigenvalue weighted by atomic mass is 16.5. The Balaban J connectivity index is 2.45. The second kappa shape index (κ2) is 5.90. The van der Waals surface area contributed by atoms with E-state index < -0.39 is 5.97 Å². The third kappa shape index (κ3) is 5.59. The van der Waals surface area contributed by atoms with Crippen molar-refractivity contribution in [2.45, 2.75) is 64.6 Å². The van der Waals surface area contributed by atoms with Gasteiger partial charge in [0.2, 0.25) is 5.91 Å². The first kappa shape index (κ1) is 16.0. The van der Waals surface area contributed by atoms with Crippen molar-refractivity contribution in [3.8, 4) is 0 Å². The summed E-state index contributed by atoms with van der Waals surface area (Å²) in [5, 5.41) is 8.55. The molecule has 0 aromatic heterocycles. The molecule has 1 saturated heterocycles. The number of aliphatic carboxylic acids is 1. The lowest BCUT2D eigenvalue weighted by molar-refractivity contribution is -0.188. The fourth-order valence-corrected chi connectivity index (χ4v) is 2.67. The highest BCUT2D eigenvalue weighted by Crippen LogP contribution is 2.28. The lowest BCUT2D eigenvalue weighted by Crippen LogP contribution is -2.58. The fraction of sp³-hybridized carbons (Fsp3) is 0.857. The molecule has 1 rings (SSSR count). The molecular formula is C14H25NO4. The molecule has 5 heteroatoms. The van der Waals surface area contributed by atoms with Crippen LogP contribution in [0.25, 0.3) is 0 Å². The molecule has 5 nitrogen and oxygen atoms in total. The molecule has 0 aromatic carbocycles. The third-order valence-corrected chi connectivity index (χ3v) is 3.08. The van der Waals surface area contributed by atoms with Crippen LogP contribution in [0.5, 0.6) is 0 Å². The Morgan fingerprint density at radius 2 is 1.53 bits per heavy atom. The molecule has 0 spiro atoms. The highest BCUT2D eigenvalue weighted by Gasteiger charge is 2.39. The minimum Gasteiger partial charge on any atom is -0.481 e. The molecule has 0 saturated carbocycles. The van der Waals surface area contributed by atoms with Gasteiger partial charge >= 0.3 is 5.97 Å². The van der Waals surface area contributed by atoms with Crippen molar-refractivity contribution in [1.82, 2.24) is 4.90 Å². The zero-order chi connectivity index (χ0) is 14.7. The first-order valence-corrected chi connectivity index (χ1v) is 6.81. The predicted octanol–water partition coefficient (Wildman–Crippen LogP) is 2.05. The van der Waals surface area contributed by atoms with E-state index in [1.165, 1.54) is 0 Å². The third-order valence-electron chi connectivity index (χ3n) is 3.08. The van der Waals surface area contributed by atoms with Crippen LogP contribution in [0.2, 0.25) is 0 Å². The molecule has 1 aliphatic rings. The molecule has 19 heavy (non-hydrogen) atoms. The number of carbonyl (C=O) groups excluding carboxylic acids is 1. The number of hydrogen-bond donors (Lipinski definition) is 1. The van der Waals surface area contributed by atoms with Gasteiger partial charge in [0.15, 0.2) is 0 Å². The van der Waals surface area contributed by atoms with Crippen LogP contribution in [-0.2, 0) is 14.3 Å². The smallest absolute Gasteiger partial charge is 0.303 e. The summed E-state index contributed by atoms with van der Waals surface area (Å²) in [4.78, 5) is 24.4. The normalized spacial score (nSPS) is 21.2. The summed E-state index contributed by atoms with van der Waals surface area (Å²) < 4.78 is 5.93. The van der Waals surface area contributed by atoms with Gasteiger partial charge in [-0.2, -0.15) is 0 Å². The Bertz CT molecular complexity index is 333. The maximum atomic E-state index is 12.1. The summed E-state index contributed by atoms with van der Waals surface area (Å²) >= 11 is 0. The molecule has 1 fully saturated rings. The predicted molar refractivity (Wildman–Crippen MR) is 71.9 cm³/mol. The number of rotatable bonds is 5. The Kier molecular flexibility index (Phi) is 4.96. The van der Waals surface area contributed by atoms with E-state index in [2.05, 4.69) is 0 Å². The summed E-state index contributed by atoms with van der Waals surface area (Å²) in [5.41, 5.74) is -0.670. The van der Waals surface area contributed by atoms with E-state index in [4.69, 9.17) is 9.84 Å². The number of morpholine rings is 1. The SMILES string of the molecule is CC1(C)CN(C(=O)CCCCC(=O)O)CC(C)(C)O1. The van der Waals surface area contributed by atoms with Gasteiger partial charge in [0.05, 0.1) is 11.2 Å². The average molecular weight is 271 g/mol. The number of carboxylic acid groups (broad SMARTS) is 1. The zero-order valence-electron chi connectivity index (χ0n) is 12.4. The first-order valence-electron chi connectivity index (χ1n) is 6.81. The van der Waals surface area contributed by atoms with E-state index in [1.807, 2.05) is 32.6 Å². The van der Waals surface area contributed by atoms with Gasteiger partial charge in [0.25, 0.3) is 0 Å². The van der Waals surface area contributed by atoms with Crippen molar-refractivity contribution in [3.05, 3.63) is 0 Å². The van der Waals surface area contributed by atoms with Crippen molar-refractivity contribution in [2.24, 2.45) is 0 Å². The van der Waals surface area contributed by atoms with Gasteiger partial charge in [-0.25, -0.2) is 0 Å². The molecule has 0 radical (unpaired) electrons. The zero-order valence-corrected chi connectivity index (χ0v) is 12.4. The molecular weight excluding hydrogens is 246 g/mol. The van der Waals surface area contributed by atoms with Gasteiger partial charge in [-0.1, -0.05) is 0 Å². The average Bonchev–Trinajstić information content (AvgIpc) is 2.19. The topological polar surface area (TPSA) is 66.8 Å². The van der Waals surface area contributed by atoms with Crippen LogP contribution in [0.1, 0.15) is 53.4 Å². The maximum absolute atomic E-state index is 12.1. The highest BCUT2D eigenvalue weighted by molar-refractivity contribution is 5.76. The van der Waals surface area contributed by atoms with Gasteiger partial charge < -0.3 is 14.7 Å². The minimum atomic E-state index is -0.805. The number of ether oxygens (including phenoxy) is 1. The van der Waals surface area contributed by atoms with Gasteiger partial charge in [-0.15, -0.1) is 0 Å². The Morgan fingerprint density at radius 3 is 2.00 bits per heavy atom. The van der Waals surface area contributed by atoms with Gasteiger partial charge in [0, 0.05) is 25.9 Å². The quantitative estimate of drug-likeness (QED) is 0.777. The van der Waals surface area contributed by atoms with Crippen molar-refractivity contribution in [2.75, 3.05) is 13.1 Å². The first-order chi connectivity index (χ1) is 8.61. The summed E-state index contributed by atoms with van der Waals surface area (Å²) in [7, 11) is 0. The van der Waals surface area contributed by atoms with Gasteiger partial charge in [0.1, 0.15) is 0 Å². The number of hydrogen-bond acceptors (Lipinski definition) is 3. The van der Waals surface area contributed by atoms with E-state index in [1.54, 1.807) is 0 Å². The van der Waals surface area contributed by atoms with Crippen molar-refractivity contribution >= 4 is 11.9 Å². The maximum Gasteiger partial charge on any atom is 0.303 e. The molecule has 0 atom stereocenters. The lowest BCUT2D eigenvalue weighted by Gasteiger charge is -2.47. The molecule has 1 heterocycles. The van der Waals surface area contributed by atoms with Crippen molar-refractivity contribution in [1.29, 1.82) is 0 Å². The van der Waals surface area contributed by atoms with Gasteiger partial charge in [-0.05, 0) is 40.5 Å². The standard InChI is InChI=1S/C14H25NO4/c1-13(2)9-15(10-14(3,4)19-13)11(16)7-5-6-8-12(17)18/h5-10H2,1-4H3,(H,17,18). The van der Waals surface area contributed by atoms with E-state index in [0.717, 1.165) is 0 Å². The second-order valence-electron chi connectivity index (χ2n) is 6.47. The van der Waals surface area contributed by atoms with Crippen molar-refractivity contribution < 1.29 is 19.4 Å². The van der Waals surface area contributed by atoms with Crippen LogP contribution in [0.4, 0.5) is 0 Å².